The van der Waals surface area contributed by atoms with Crippen LogP contribution in [0.1, 0.15) is 18.1 Å². The molecule has 5 nitrogen and oxygen atoms in total. The molecule has 0 saturated heterocycles. The van der Waals surface area contributed by atoms with Crippen molar-refractivity contribution in [2.45, 2.75) is 19.9 Å². The van der Waals surface area contributed by atoms with Crippen molar-refractivity contribution in [1.29, 1.82) is 0 Å². The van der Waals surface area contributed by atoms with Gasteiger partial charge < -0.3 is 15.5 Å². The zero-order valence-electron chi connectivity index (χ0n) is 15.1. The Morgan fingerprint density at radius 3 is 2.58 bits per heavy atom. The lowest BCUT2D eigenvalue weighted by atomic mass is 10.1. The van der Waals surface area contributed by atoms with Crippen LogP contribution in [-0.2, 0) is 22.6 Å². The highest BCUT2D eigenvalue weighted by Crippen LogP contribution is 2.14. The number of anilines is 1. The van der Waals surface area contributed by atoms with Gasteiger partial charge in [-0.15, -0.1) is 0 Å². The molecule has 0 radical (unpaired) electrons. The standard InChI is InChI=1S/C20H24FN3O2/c1-3-16-8-4-5-10-18(16)23-19(25)12-22-20(26)14-24(2)13-15-7-6-9-17(21)11-15/h4-11H,3,12-14H2,1-2H3,(H,22,26)(H,23,25)/p+1. The molecule has 0 fully saturated rings. The van der Waals surface area contributed by atoms with Crippen LogP contribution < -0.4 is 15.5 Å². The van der Waals surface area contributed by atoms with Crippen molar-refractivity contribution in [2.24, 2.45) is 0 Å². The van der Waals surface area contributed by atoms with Gasteiger partial charge in [-0.2, -0.15) is 0 Å². The highest BCUT2D eigenvalue weighted by atomic mass is 19.1. The van der Waals surface area contributed by atoms with Gasteiger partial charge >= 0.3 is 0 Å². The third-order valence-electron chi connectivity index (χ3n) is 3.98. The monoisotopic (exact) mass is 358 g/mol. The maximum atomic E-state index is 13.2. The molecule has 0 saturated carbocycles. The second-order valence-electron chi connectivity index (χ2n) is 6.28. The number of carbonyl (C=O) groups excluding carboxylic acids is 2. The lowest BCUT2D eigenvalue weighted by Gasteiger charge is -2.14. The van der Waals surface area contributed by atoms with Crippen LogP contribution >= 0.6 is 0 Å². The minimum Gasteiger partial charge on any atom is -0.342 e. The van der Waals surface area contributed by atoms with Gasteiger partial charge in [-0.05, 0) is 30.2 Å². The van der Waals surface area contributed by atoms with E-state index in [-0.39, 0.29) is 30.7 Å². The molecule has 0 bridgehead atoms. The highest BCUT2D eigenvalue weighted by molar-refractivity contribution is 5.95. The molecule has 1 atom stereocenters. The topological polar surface area (TPSA) is 62.6 Å². The Morgan fingerprint density at radius 1 is 1.08 bits per heavy atom. The molecule has 2 aromatic rings. The highest BCUT2D eigenvalue weighted by Gasteiger charge is 2.13. The largest absolute Gasteiger partial charge is 0.342 e. The number of rotatable bonds is 8. The van der Waals surface area contributed by atoms with E-state index in [1.807, 2.05) is 44.3 Å². The Hall–Kier alpha value is -2.73. The predicted octanol–water partition coefficient (Wildman–Crippen LogP) is 1.16. The molecule has 0 aliphatic heterocycles. The lowest BCUT2D eigenvalue weighted by Crippen LogP contribution is -3.08. The summed E-state index contributed by atoms with van der Waals surface area (Å²) < 4.78 is 13.2. The molecule has 1 unspecified atom stereocenters. The van der Waals surface area contributed by atoms with Crippen LogP contribution in [0.2, 0.25) is 0 Å². The maximum Gasteiger partial charge on any atom is 0.275 e. The molecule has 3 N–H and O–H groups in total. The number of halogens is 1. The SMILES string of the molecule is CCc1ccccc1NC(=O)CNC(=O)C[NH+](C)Cc1cccc(F)c1. The van der Waals surface area contributed by atoms with Gasteiger partial charge in [0.2, 0.25) is 5.91 Å². The van der Waals surface area contributed by atoms with Crippen molar-refractivity contribution in [3.63, 3.8) is 0 Å². The molecule has 0 heterocycles. The normalized spacial score (nSPS) is 11.7. The molecule has 2 amide bonds. The third kappa shape index (κ3) is 6.29. The maximum absolute atomic E-state index is 13.2. The molecule has 0 aliphatic rings. The van der Waals surface area contributed by atoms with E-state index in [9.17, 15) is 14.0 Å². The van der Waals surface area contributed by atoms with Gasteiger partial charge in [0.1, 0.15) is 12.4 Å². The van der Waals surface area contributed by atoms with Crippen molar-refractivity contribution >= 4 is 17.5 Å². The van der Waals surface area contributed by atoms with Crippen LogP contribution in [0.4, 0.5) is 10.1 Å². The van der Waals surface area contributed by atoms with E-state index in [1.54, 1.807) is 6.07 Å². The number of nitrogens with one attached hydrogen (secondary N) is 3. The number of quaternary nitrogens is 1. The minimum atomic E-state index is -0.288. The van der Waals surface area contributed by atoms with Crippen LogP contribution in [0, 0.1) is 5.82 Å². The van der Waals surface area contributed by atoms with Crippen LogP contribution in [-0.4, -0.2) is 32.0 Å². The van der Waals surface area contributed by atoms with Crippen molar-refractivity contribution < 1.29 is 18.9 Å². The fourth-order valence-corrected chi connectivity index (χ4v) is 2.72. The van der Waals surface area contributed by atoms with E-state index in [1.165, 1.54) is 12.1 Å². The number of aryl methyl sites for hydroxylation is 1. The molecule has 6 heteroatoms. The fourth-order valence-electron chi connectivity index (χ4n) is 2.72. The third-order valence-corrected chi connectivity index (χ3v) is 3.98. The summed E-state index contributed by atoms with van der Waals surface area (Å²) in [6, 6.07) is 13.9. The Bertz CT molecular complexity index is 764. The number of benzene rings is 2. The average molecular weight is 358 g/mol. The zero-order valence-corrected chi connectivity index (χ0v) is 15.1. The van der Waals surface area contributed by atoms with Gasteiger partial charge in [-0.1, -0.05) is 37.3 Å². The van der Waals surface area contributed by atoms with Crippen molar-refractivity contribution in [3.05, 3.63) is 65.5 Å². The number of amides is 2. The molecule has 26 heavy (non-hydrogen) atoms. The number of hydrogen-bond acceptors (Lipinski definition) is 2. The molecule has 0 spiro atoms. The first-order valence-electron chi connectivity index (χ1n) is 8.68. The van der Waals surface area contributed by atoms with Gasteiger partial charge in [0.05, 0.1) is 13.6 Å². The molecule has 138 valence electrons. The molecular formula is C20H25FN3O2+. The first kappa shape index (κ1) is 19.6. The van der Waals surface area contributed by atoms with Gasteiger partial charge in [0.15, 0.2) is 6.54 Å². The number of para-hydroxylation sites is 1. The van der Waals surface area contributed by atoms with E-state index < -0.39 is 0 Å². The smallest absolute Gasteiger partial charge is 0.275 e. The Morgan fingerprint density at radius 2 is 1.85 bits per heavy atom. The first-order chi connectivity index (χ1) is 12.5. The van der Waals surface area contributed by atoms with Crippen LogP contribution in [0.3, 0.4) is 0 Å². The van der Waals surface area contributed by atoms with E-state index in [0.29, 0.717) is 6.54 Å². The van der Waals surface area contributed by atoms with Gasteiger partial charge in [0.25, 0.3) is 5.91 Å². The summed E-state index contributed by atoms with van der Waals surface area (Å²) in [6.07, 6.45) is 0.817. The van der Waals surface area contributed by atoms with E-state index in [2.05, 4.69) is 10.6 Å². The average Bonchev–Trinajstić information content (AvgIpc) is 2.60. The van der Waals surface area contributed by atoms with Crippen molar-refractivity contribution in [1.82, 2.24) is 5.32 Å². The lowest BCUT2D eigenvalue weighted by molar-refractivity contribution is -0.885. The minimum absolute atomic E-state index is 0.0792. The summed E-state index contributed by atoms with van der Waals surface area (Å²) in [5.41, 5.74) is 2.64. The van der Waals surface area contributed by atoms with Gasteiger partial charge in [-0.3, -0.25) is 9.59 Å². The fraction of sp³-hybridized carbons (Fsp3) is 0.300. The summed E-state index contributed by atoms with van der Waals surface area (Å²) in [4.78, 5) is 24.9. The second-order valence-corrected chi connectivity index (χ2v) is 6.28. The molecular weight excluding hydrogens is 333 g/mol. The summed E-state index contributed by atoms with van der Waals surface area (Å²) >= 11 is 0. The number of carbonyl (C=O) groups is 2. The van der Waals surface area contributed by atoms with E-state index >= 15 is 0 Å². The van der Waals surface area contributed by atoms with Crippen LogP contribution in [0.25, 0.3) is 0 Å². The molecule has 0 aromatic heterocycles. The predicted molar refractivity (Wildman–Crippen MR) is 99.3 cm³/mol. The van der Waals surface area contributed by atoms with Crippen LogP contribution in [0.5, 0.6) is 0 Å². The zero-order chi connectivity index (χ0) is 18.9. The van der Waals surface area contributed by atoms with Crippen molar-refractivity contribution in [2.75, 3.05) is 25.5 Å². The molecule has 2 rings (SSSR count). The Kier molecular flexibility index (Phi) is 7.29. The van der Waals surface area contributed by atoms with E-state index in [4.69, 9.17) is 0 Å². The molecule has 2 aromatic carbocycles. The van der Waals surface area contributed by atoms with Gasteiger partial charge in [-0.25, -0.2) is 4.39 Å². The van der Waals surface area contributed by atoms with Crippen molar-refractivity contribution in [3.8, 4) is 0 Å². The quantitative estimate of drug-likeness (QED) is 0.663. The summed E-state index contributed by atoms with van der Waals surface area (Å²) in [5.74, 6) is -0.774. The summed E-state index contributed by atoms with van der Waals surface area (Å²) in [5, 5.41) is 5.44. The first-order valence-corrected chi connectivity index (χ1v) is 8.68. The van der Waals surface area contributed by atoms with Crippen LogP contribution in [0.15, 0.2) is 48.5 Å². The summed E-state index contributed by atoms with van der Waals surface area (Å²) in [7, 11) is 1.85. The Balaban J connectivity index is 1.76. The Labute approximate surface area is 153 Å². The molecule has 0 aliphatic carbocycles. The second kappa shape index (κ2) is 9.68. The summed E-state index contributed by atoms with van der Waals surface area (Å²) in [6.45, 7) is 2.67. The van der Waals surface area contributed by atoms with Gasteiger partial charge in [0, 0.05) is 11.3 Å². The number of hydrogen-bond donors (Lipinski definition) is 3. The number of likely N-dealkylation sites (N-methyl/N-ethyl adjacent to an activating group) is 1. The van der Waals surface area contributed by atoms with E-state index in [0.717, 1.165) is 28.1 Å².